The van der Waals surface area contributed by atoms with Crippen molar-refractivity contribution in [2.24, 2.45) is 0 Å². The Labute approximate surface area is 129 Å². The van der Waals surface area contributed by atoms with Gasteiger partial charge in [0, 0.05) is 12.3 Å². The van der Waals surface area contributed by atoms with Crippen molar-refractivity contribution >= 4 is 11.0 Å². The predicted molar refractivity (Wildman–Crippen MR) is 85.9 cm³/mol. The molecule has 3 aromatic rings. The fourth-order valence-electron chi connectivity index (χ4n) is 3.15. The van der Waals surface area contributed by atoms with E-state index in [1.54, 1.807) is 0 Å². The molecule has 1 aromatic carbocycles. The van der Waals surface area contributed by atoms with Gasteiger partial charge >= 0.3 is 0 Å². The van der Waals surface area contributed by atoms with E-state index in [0.29, 0.717) is 5.92 Å². The van der Waals surface area contributed by atoms with Gasteiger partial charge in [-0.05, 0) is 31.4 Å². The lowest BCUT2D eigenvalue weighted by Crippen LogP contribution is -2.14. The normalized spacial score (nSPS) is 16.3. The topological polar surface area (TPSA) is 59.4 Å². The van der Waals surface area contributed by atoms with Crippen LogP contribution in [0.25, 0.3) is 11.0 Å². The molecule has 0 bridgehead atoms. The molecule has 5 heteroatoms. The molecule has 1 saturated carbocycles. The third-order valence-electron chi connectivity index (χ3n) is 4.47. The number of fused-ring (bicyclic) bond motifs is 1. The van der Waals surface area contributed by atoms with Crippen LogP contribution in [-0.4, -0.2) is 24.7 Å². The first-order chi connectivity index (χ1) is 10.8. The van der Waals surface area contributed by atoms with Crippen molar-refractivity contribution in [3.05, 3.63) is 41.7 Å². The van der Waals surface area contributed by atoms with E-state index in [1.807, 2.05) is 6.07 Å². The van der Waals surface area contributed by atoms with Crippen LogP contribution in [0.1, 0.15) is 62.5 Å². The highest BCUT2D eigenvalue weighted by atomic mass is 15.3. The molecule has 2 aromatic heterocycles. The van der Waals surface area contributed by atoms with Gasteiger partial charge in [0.05, 0.1) is 17.1 Å². The summed E-state index contributed by atoms with van der Waals surface area (Å²) in [5.74, 6) is 3.65. The van der Waals surface area contributed by atoms with Gasteiger partial charge in [0.1, 0.15) is 11.6 Å². The standard InChI is InChI=1S/C17H21N5/c1-3-13(17-19-16(20-21-17)11-9-10-11)22-14-8-6-5-7-12(14)18-15(22)4-2/h5-8,11,13H,3-4,9-10H2,1-2H3,(H,19,20,21)/t13-/m1/s1. The lowest BCUT2D eigenvalue weighted by atomic mass is 10.2. The summed E-state index contributed by atoms with van der Waals surface area (Å²) in [6.45, 7) is 4.34. The Balaban J connectivity index is 1.82. The van der Waals surface area contributed by atoms with E-state index in [1.165, 1.54) is 18.4 Å². The number of rotatable bonds is 5. The molecule has 1 fully saturated rings. The average molecular weight is 295 g/mol. The number of aromatic amines is 1. The summed E-state index contributed by atoms with van der Waals surface area (Å²) in [5.41, 5.74) is 2.22. The van der Waals surface area contributed by atoms with Crippen molar-refractivity contribution in [1.29, 1.82) is 0 Å². The zero-order chi connectivity index (χ0) is 15.1. The van der Waals surface area contributed by atoms with Crippen molar-refractivity contribution in [2.45, 2.75) is 51.5 Å². The zero-order valence-corrected chi connectivity index (χ0v) is 13.1. The van der Waals surface area contributed by atoms with Gasteiger partial charge in [-0.25, -0.2) is 9.97 Å². The van der Waals surface area contributed by atoms with Crippen molar-refractivity contribution in [1.82, 2.24) is 24.7 Å². The Morgan fingerprint density at radius 1 is 1.23 bits per heavy atom. The molecule has 0 unspecified atom stereocenters. The SMILES string of the molecule is CCc1nc2ccccc2n1[C@H](CC)c1n[nH]c(C2CC2)n1. The molecule has 4 rings (SSSR count). The number of nitrogens with zero attached hydrogens (tertiary/aromatic N) is 4. The maximum Gasteiger partial charge on any atom is 0.173 e. The van der Waals surface area contributed by atoms with Crippen LogP contribution in [0.4, 0.5) is 0 Å². The number of para-hydroxylation sites is 2. The van der Waals surface area contributed by atoms with Gasteiger partial charge in [-0.15, -0.1) is 0 Å². The molecule has 1 N–H and O–H groups in total. The second-order valence-electron chi connectivity index (χ2n) is 6.02. The first kappa shape index (κ1) is 13.5. The maximum absolute atomic E-state index is 4.78. The van der Waals surface area contributed by atoms with Gasteiger partial charge in [-0.1, -0.05) is 26.0 Å². The van der Waals surface area contributed by atoms with Crippen LogP contribution >= 0.6 is 0 Å². The quantitative estimate of drug-likeness (QED) is 0.782. The Morgan fingerprint density at radius 2 is 2.05 bits per heavy atom. The van der Waals surface area contributed by atoms with Crippen LogP contribution in [0.2, 0.25) is 0 Å². The molecule has 114 valence electrons. The molecule has 0 aliphatic heterocycles. The van der Waals surface area contributed by atoms with Gasteiger partial charge < -0.3 is 4.57 Å². The van der Waals surface area contributed by atoms with Gasteiger partial charge in [-0.2, -0.15) is 5.10 Å². The minimum Gasteiger partial charge on any atom is -0.317 e. The molecule has 1 aliphatic rings. The number of imidazole rings is 1. The molecule has 0 radical (unpaired) electrons. The third kappa shape index (κ3) is 2.12. The summed E-state index contributed by atoms with van der Waals surface area (Å²) < 4.78 is 2.31. The second kappa shape index (κ2) is 5.23. The predicted octanol–water partition coefficient (Wildman–Crippen LogP) is 3.59. The molecular weight excluding hydrogens is 274 g/mol. The first-order valence-corrected chi connectivity index (χ1v) is 8.19. The summed E-state index contributed by atoms with van der Waals surface area (Å²) in [5, 5.41) is 7.64. The second-order valence-corrected chi connectivity index (χ2v) is 6.02. The molecule has 1 aliphatic carbocycles. The van der Waals surface area contributed by atoms with Crippen LogP contribution < -0.4 is 0 Å². The molecule has 5 nitrogen and oxygen atoms in total. The van der Waals surface area contributed by atoms with Crippen LogP contribution in [-0.2, 0) is 6.42 Å². The van der Waals surface area contributed by atoms with Crippen molar-refractivity contribution < 1.29 is 0 Å². The zero-order valence-electron chi connectivity index (χ0n) is 13.1. The summed E-state index contributed by atoms with van der Waals surface area (Å²) in [6, 6.07) is 8.47. The molecule has 1 atom stereocenters. The average Bonchev–Trinajstić information content (AvgIpc) is 3.17. The smallest absolute Gasteiger partial charge is 0.173 e. The highest BCUT2D eigenvalue weighted by Gasteiger charge is 2.29. The number of nitrogens with one attached hydrogen (secondary N) is 1. The number of H-pyrrole nitrogens is 1. The minimum atomic E-state index is 0.145. The van der Waals surface area contributed by atoms with Crippen molar-refractivity contribution in [3.63, 3.8) is 0 Å². The van der Waals surface area contributed by atoms with E-state index in [-0.39, 0.29) is 6.04 Å². The summed E-state index contributed by atoms with van der Waals surface area (Å²) >= 11 is 0. The highest BCUT2D eigenvalue weighted by Crippen LogP contribution is 2.38. The lowest BCUT2D eigenvalue weighted by molar-refractivity contribution is 0.530. The molecule has 0 saturated heterocycles. The fourth-order valence-corrected chi connectivity index (χ4v) is 3.15. The van der Waals surface area contributed by atoms with Crippen LogP contribution in [0.5, 0.6) is 0 Å². The van der Waals surface area contributed by atoms with Gasteiger partial charge in [-0.3, -0.25) is 5.10 Å². The van der Waals surface area contributed by atoms with Crippen LogP contribution in [0.3, 0.4) is 0 Å². The number of aromatic nitrogens is 5. The largest absolute Gasteiger partial charge is 0.317 e. The monoisotopic (exact) mass is 295 g/mol. The van der Waals surface area contributed by atoms with Crippen molar-refractivity contribution in [2.75, 3.05) is 0 Å². The van der Waals surface area contributed by atoms with Gasteiger partial charge in [0.15, 0.2) is 5.82 Å². The van der Waals surface area contributed by atoms with Gasteiger partial charge in [0.25, 0.3) is 0 Å². The lowest BCUT2D eigenvalue weighted by Gasteiger charge is -2.17. The molecular formula is C17H21N5. The summed E-state index contributed by atoms with van der Waals surface area (Å²) in [7, 11) is 0. The van der Waals surface area contributed by atoms with Crippen molar-refractivity contribution in [3.8, 4) is 0 Å². The molecule has 2 heterocycles. The van der Waals surface area contributed by atoms with Crippen LogP contribution in [0.15, 0.2) is 24.3 Å². The first-order valence-electron chi connectivity index (χ1n) is 8.19. The van der Waals surface area contributed by atoms with E-state index in [4.69, 9.17) is 9.97 Å². The molecule has 22 heavy (non-hydrogen) atoms. The van der Waals surface area contributed by atoms with E-state index < -0.39 is 0 Å². The number of aryl methyl sites for hydroxylation is 1. The Hall–Kier alpha value is -2.17. The van der Waals surface area contributed by atoms with Gasteiger partial charge in [0.2, 0.25) is 0 Å². The fraction of sp³-hybridized carbons (Fsp3) is 0.471. The number of hydrogen-bond donors (Lipinski definition) is 1. The third-order valence-corrected chi connectivity index (χ3v) is 4.47. The number of hydrogen-bond acceptors (Lipinski definition) is 3. The van der Waals surface area contributed by atoms with E-state index >= 15 is 0 Å². The number of benzene rings is 1. The Morgan fingerprint density at radius 3 is 2.77 bits per heavy atom. The Bertz CT molecular complexity index is 796. The highest BCUT2D eigenvalue weighted by molar-refractivity contribution is 5.76. The molecule has 0 amide bonds. The summed E-state index contributed by atoms with van der Waals surface area (Å²) in [4.78, 5) is 9.54. The van der Waals surface area contributed by atoms with Crippen LogP contribution in [0, 0.1) is 0 Å². The van der Waals surface area contributed by atoms with E-state index in [9.17, 15) is 0 Å². The molecule has 0 spiro atoms. The minimum absolute atomic E-state index is 0.145. The Kier molecular flexibility index (Phi) is 3.21. The maximum atomic E-state index is 4.78. The van der Waals surface area contributed by atoms with E-state index in [2.05, 4.69) is 46.8 Å². The van der Waals surface area contributed by atoms with E-state index in [0.717, 1.165) is 35.8 Å². The summed E-state index contributed by atoms with van der Waals surface area (Å²) in [6.07, 6.45) is 4.33.